The highest BCUT2D eigenvalue weighted by atomic mass is 35.5. The van der Waals surface area contributed by atoms with Crippen molar-refractivity contribution in [2.75, 3.05) is 0 Å². The SMILES string of the molecule is C=CCc1ccccc1.Cl. The first kappa shape index (κ1) is 9.25. The largest absolute Gasteiger partial charge is 0.147 e. The van der Waals surface area contributed by atoms with Crippen molar-refractivity contribution < 1.29 is 0 Å². The van der Waals surface area contributed by atoms with Crippen molar-refractivity contribution in [2.24, 2.45) is 0 Å². The Labute approximate surface area is 68.0 Å². The number of hydrogen-bond acceptors (Lipinski definition) is 0. The molecule has 54 valence electrons. The quantitative estimate of drug-likeness (QED) is 0.575. The summed E-state index contributed by atoms with van der Waals surface area (Å²) in [5.41, 5.74) is 1.33. The van der Waals surface area contributed by atoms with Gasteiger partial charge >= 0.3 is 0 Å². The summed E-state index contributed by atoms with van der Waals surface area (Å²) >= 11 is 0. The molecule has 1 aromatic carbocycles. The first-order valence-corrected chi connectivity index (χ1v) is 3.08. The lowest BCUT2D eigenvalue weighted by Crippen LogP contribution is -1.75. The van der Waals surface area contributed by atoms with E-state index in [1.807, 2.05) is 24.3 Å². The van der Waals surface area contributed by atoms with Gasteiger partial charge in [0.1, 0.15) is 0 Å². The lowest BCUT2D eigenvalue weighted by Gasteiger charge is -1.91. The summed E-state index contributed by atoms with van der Waals surface area (Å²) in [6, 6.07) is 10.3. The van der Waals surface area contributed by atoms with Gasteiger partial charge in [-0.05, 0) is 12.0 Å². The first-order chi connectivity index (χ1) is 4.43. The second-order valence-corrected chi connectivity index (χ2v) is 1.98. The number of benzene rings is 1. The van der Waals surface area contributed by atoms with Gasteiger partial charge in [0.05, 0.1) is 0 Å². The fraction of sp³-hybridized carbons (Fsp3) is 0.111. The van der Waals surface area contributed by atoms with Crippen LogP contribution in [-0.4, -0.2) is 0 Å². The van der Waals surface area contributed by atoms with Crippen LogP contribution in [0.3, 0.4) is 0 Å². The molecule has 1 rings (SSSR count). The lowest BCUT2D eigenvalue weighted by molar-refractivity contribution is 1.28. The lowest BCUT2D eigenvalue weighted by atomic mass is 10.2. The molecule has 1 aromatic rings. The van der Waals surface area contributed by atoms with Gasteiger partial charge in [-0.15, -0.1) is 19.0 Å². The molecule has 0 aliphatic carbocycles. The Bertz CT molecular complexity index is 179. The van der Waals surface area contributed by atoms with E-state index in [2.05, 4.69) is 18.7 Å². The third kappa shape index (κ3) is 2.70. The number of hydrogen-bond donors (Lipinski definition) is 0. The topological polar surface area (TPSA) is 0 Å². The summed E-state index contributed by atoms with van der Waals surface area (Å²) in [5.74, 6) is 0. The summed E-state index contributed by atoms with van der Waals surface area (Å²) in [6.07, 6.45) is 2.89. The summed E-state index contributed by atoms with van der Waals surface area (Å²) < 4.78 is 0. The van der Waals surface area contributed by atoms with E-state index in [0.29, 0.717) is 0 Å². The van der Waals surface area contributed by atoms with Crippen LogP contribution in [0.5, 0.6) is 0 Å². The number of rotatable bonds is 2. The number of allylic oxidation sites excluding steroid dienone is 1. The molecular formula is C9H11Cl. The summed E-state index contributed by atoms with van der Waals surface area (Å²) in [4.78, 5) is 0. The first-order valence-electron chi connectivity index (χ1n) is 3.08. The van der Waals surface area contributed by atoms with Gasteiger partial charge < -0.3 is 0 Å². The molecule has 0 saturated carbocycles. The summed E-state index contributed by atoms with van der Waals surface area (Å²) in [6.45, 7) is 3.66. The zero-order valence-corrected chi connectivity index (χ0v) is 6.60. The van der Waals surface area contributed by atoms with Gasteiger partial charge in [-0.3, -0.25) is 0 Å². The van der Waals surface area contributed by atoms with Crippen molar-refractivity contribution in [3.63, 3.8) is 0 Å². The van der Waals surface area contributed by atoms with Gasteiger partial charge in [0.2, 0.25) is 0 Å². The van der Waals surface area contributed by atoms with Crippen LogP contribution >= 0.6 is 12.4 Å². The molecule has 1 heteroatoms. The van der Waals surface area contributed by atoms with E-state index in [-0.39, 0.29) is 12.4 Å². The van der Waals surface area contributed by atoms with Crippen LogP contribution < -0.4 is 0 Å². The van der Waals surface area contributed by atoms with E-state index in [0.717, 1.165) is 6.42 Å². The van der Waals surface area contributed by atoms with Crippen LogP contribution in [0.15, 0.2) is 43.0 Å². The van der Waals surface area contributed by atoms with E-state index in [4.69, 9.17) is 0 Å². The van der Waals surface area contributed by atoms with Crippen LogP contribution in [-0.2, 0) is 6.42 Å². The van der Waals surface area contributed by atoms with Gasteiger partial charge in [-0.1, -0.05) is 36.4 Å². The minimum absolute atomic E-state index is 0. The average Bonchev–Trinajstić information content (AvgIpc) is 1.91. The van der Waals surface area contributed by atoms with Crippen LogP contribution in [0, 0.1) is 0 Å². The van der Waals surface area contributed by atoms with Crippen molar-refractivity contribution >= 4 is 12.4 Å². The number of halogens is 1. The predicted octanol–water partition coefficient (Wildman–Crippen LogP) is 2.84. The van der Waals surface area contributed by atoms with Gasteiger partial charge in [-0.2, -0.15) is 0 Å². The third-order valence-corrected chi connectivity index (χ3v) is 1.22. The normalized spacial score (nSPS) is 8.00. The molecule has 0 saturated heterocycles. The van der Waals surface area contributed by atoms with Crippen molar-refractivity contribution in [1.82, 2.24) is 0 Å². The van der Waals surface area contributed by atoms with E-state index < -0.39 is 0 Å². The van der Waals surface area contributed by atoms with E-state index in [1.165, 1.54) is 5.56 Å². The monoisotopic (exact) mass is 154 g/mol. The van der Waals surface area contributed by atoms with Crippen molar-refractivity contribution in [1.29, 1.82) is 0 Å². The zero-order chi connectivity index (χ0) is 6.53. The standard InChI is InChI=1S/C9H10.ClH/c1-2-6-9-7-4-3-5-8-9;/h2-5,7-8H,1,6H2;1H. The molecule has 0 N–H and O–H groups in total. The highest BCUT2D eigenvalue weighted by Crippen LogP contribution is 1.98. The maximum atomic E-state index is 3.66. The van der Waals surface area contributed by atoms with Gasteiger partial charge in [0.15, 0.2) is 0 Å². The molecule has 0 bridgehead atoms. The molecule has 0 atom stereocenters. The summed E-state index contributed by atoms with van der Waals surface area (Å²) in [5, 5.41) is 0. The van der Waals surface area contributed by atoms with E-state index in [9.17, 15) is 0 Å². The molecule has 0 unspecified atom stereocenters. The van der Waals surface area contributed by atoms with Crippen LogP contribution in [0.1, 0.15) is 5.56 Å². The van der Waals surface area contributed by atoms with E-state index in [1.54, 1.807) is 0 Å². The second-order valence-electron chi connectivity index (χ2n) is 1.98. The minimum Gasteiger partial charge on any atom is -0.147 e. The predicted molar refractivity (Wildman–Crippen MR) is 47.6 cm³/mol. The maximum Gasteiger partial charge on any atom is -0.0100 e. The van der Waals surface area contributed by atoms with Crippen molar-refractivity contribution in [3.8, 4) is 0 Å². The second kappa shape index (κ2) is 5.07. The zero-order valence-electron chi connectivity index (χ0n) is 5.79. The molecule has 0 amide bonds. The van der Waals surface area contributed by atoms with Crippen LogP contribution in [0.4, 0.5) is 0 Å². The minimum atomic E-state index is 0. The highest BCUT2D eigenvalue weighted by Gasteiger charge is 1.82. The highest BCUT2D eigenvalue weighted by molar-refractivity contribution is 5.85. The molecule has 0 heterocycles. The fourth-order valence-corrected chi connectivity index (χ4v) is 0.781. The van der Waals surface area contributed by atoms with Crippen LogP contribution in [0.2, 0.25) is 0 Å². The Morgan fingerprint density at radius 2 is 1.80 bits per heavy atom. The molecule has 0 fully saturated rings. The van der Waals surface area contributed by atoms with Gasteiger partial charge in [0, 0.05) is 0 Å². The van der Waals surface area contributed by atoms with Gasteiger partial charge in [-0.25, -0.2) is 0 Å². The smallest absolute Gasteiger partial charge is 0.0100 e. The Morgan fingerprint density at radius 1 is 1.20 bits per heavy atom. The molecule has 0 aliphatic heterocycles. The molecule has 0 nitrogen and oxygen atoms in total. The third-order valence-electron chi connectivity index (χ3n) is 1.22. The van der Waals surface area contributed by atoms with Gasteiger partial charge in [0.25, 0.3) is 0 Å². The van der Waals surface area contributed by atoms with Crippen LogP contribution in [0.25, 0.3) is 0 Å². The average molecular weight is 155 g/mol. The molecule has 0 aliphatic rings. The molecule has 10 heavy (non-hydrogen) atoms. The molecule has 0 radical (unpaired) electrons. The fourth-order valence-electron chi connectivity index (χ4n) is 0.781. The molecule has 0 aromatic heterocycles. The summed E-state index contributed by atoms with van der Waals surface area (Å²) in [7, 11) is 0. The Morgan fingerprint density at radius 3 is 2.30 bits per heavy atom. The Balaban J connectivity index is 0.000000810. The van der Waals surface area contributed by atoms with Crippen molar-refractivity contribution in [2.45, 2.75) is 6.42 Å². The molecule has 0 spiro atoms. The van der Waals surface area contributed by atoms with E-state index >= 15 is 0 Å². The Hall–Kier alpha value is -0.750. The Kier molecular flexibility index (Phi) is 4.69. The molecular weight excluding hydrogens is 144 g/mol. The van der Waals surface area contributed by atoms with Crippen molar-refractivity contribution in [3.05, 3.63) is 48.6 Å². The maximum absolute atomic E-state index is 3.66.